The highest BCUT2D eigenvalue weighted by Gasteiger charge is 2.30. The van der Waals surface area contributed by atoms with E-state index in [1.54, 1.807) is 29.8 Å². The summed E-state index contributed by atoms with van der Waals surface area (Å²) < 4.78 is 32.6. The van der Waals surface area contributed by atoms with Crippen LogP contribution < -0.4 is 11.1 Å². The van der Waals surface area contributed by atoms with Crippen LogP contribution in [0.5, 0.6) is 0 Å². The molecule has 0 atom stereocenters. The second-order valence-electron chi connectivity index (χ2n) is 6.67. The lowest BCUT2D eigenvalue weighted by Gasteiger charge is -2.26. The van der Waals surface area contributed by atoms with E-state index in [0.717, 1.165) is 0 Å². The lowest BCUT2D eigenvalue weighted by molar-refractivity contribution is 0.0730. The first-order valence-electron chi connectivity index (χ1n) is 9.28. The number of carbonyl (C=O) groups is 2. The number of thiazole rings is 1. The fraction of sp³-hybridized carbons (Fsp3) is 0.211. The molecule has 0 aliphatic carbocycles. The van der Waals surface area contributed by atoms with Crippen LogP contribution in [0.3, 0.4) is 0 Å². The summed E-state index contributed by atoms with van der Waals surface area (Å²) in [6, 6.07) is 7.62. The summed E-state index contributed by atoms with van der Waals surface area (Å²) in [5.41, 5.74) is 6.70. The van der Waals surface area contributed by atoms with Gasteiger partial charge in [0.15, 0.2) is 5.13 Å². The molecule has 2 aromatic heterocycles. The molecule has 1 aromatic carbocycles. The number of nitrogens with zero attached hydrogens (tertiary/aromatic N) is 2. The summed E-state index contributed by atoms with van der Waals surface area (Å²) in [7, 11) is -3.85. The van der Waals surface area contributed by atoms with Gasteiger partial charge in [-0.05, 0) is 18.2 Å². The topological polar surface area (TPSA) is 147 Å². The van der Waals surface area contributed by atoms with E-state index in [1.165, 1.54) is 27.8 Å². The molecule has 2 amide bonds. The number of aromatic nitrogens is 2. The second-order valence-corrected chi connectivity index (χ2v) is 9.44. The lowest BCUT2D eigenvalue weighted by atomic mass is 10.2. The Morgan fingerprint density at radius 1 is 1.23 bits per heavy atom. The maximum absolute atomic E-state index is 13.0. The highest BCUT2D eigenvalue weighted by molar-refractivity contribution is 7.89. The molecule has 1 saturated heterocycles. The van der Waals surface area contributed by atoms with E-state index in [1.807, 2.05) is 0 Å². The van der Waals surface area contributed by atoms with Gasteiger partial charge in [0.2, 0.25) is 10.0 Å². The fourth-order valence-electron chi connectivity index (χ4n) is 3.12. The van der Waals surface area contributed by atoms with Crippen molar-refractivity contribution in [3.63, 3.8) is 0 Å². The third-order valence-corrected chi connectivity index (χ3v) is 7.40. The van der Waals surface area contributed by atoms with Gasteiger partial charge in [-0.3, -0.25) is 14.9 Å². The molecule has 31 heavy (non-hydrogen) atoms. The smallest absolute Gasteiger partial charge is 0.265 e. The summed E-state index contributed by atoms with van der Waals surface area (Å²) in [4.78, 5) is 31.2. The first kappa shape index (κ1) is 21.2. The van der Waals surface area contributed by atoms with Gasteiger partial charge < -0.3 is 15.5 Å². The first-order valence-corrected chi connectivity index (χ1v) is 11.6. The Labute approximate surface area is 182 Å². The third kappa shape index (κ3) is 4.37. The van der Waals surface area contributed by atoms with Crippen LogP contribution >= 0.6 is 11.3 Å². The third-order valence-electron chi connectivity index (χ3n) is 4.69. The number of ether oxygens (including phenoxy) is 1. The number of amides is 2. The van der Waals surface area contributed by atoms with Gasteiger partial charge in [0.05, 0.1) is 29.4 Å². The number of primary amides is 1. The Morgan fingerprint density at radius 2 is 1.97 bits per heavy atom. The van der Waals surface area contributed by atoms with Gasteiger partial charge in [-0.25, -0.2) is 13.4 Å². The van der Waals surface area contributed by atoms with Crippen molar-refractivity contribution in [2.24, 2.45) is 5.73 Å². The number of morpholine rings is 1. The minimum atomic E-state index is -3.85. The maximum atomic E-state index is 13.0. The Balaban J connectivity index is 1.56. The van der Waals surface area contributed by atoms with Gasteiger partial charge in [-0.15, -0.1) is 11.3 Å². The van der Waals surface area contributed by atoms with Gasteiger partial charge in [-0.2, -0.15) is 4.31 Å². The molecular weight excluding hydrogens is 442 g/mol. The molecule has 0 radical (unpaired) electrons. The molecule has 3 aromatic rings. The van der Waals surface area contributed by atoms with Crippen LogP contribution in [0, 0.1) is 0 Å². The van der Waals surface area contributed by atoms with E-state index in [9.17, 15) is 18.0 Å². The molecule has 0 unspecified atom stereocenters. The molecular formula is C19H19N5O5S2. The Bertz CT molecular complexity index is 1230. The maximum Gasteiger partial charge on any atom is 0.265 e. The van der Waals surface area contributed by atoms with Crippen molar-refractivity contribution in [2.75, 3.05) is 31.6 Å². The van der Waals surface area contributed by atoms with Crippen LogP contribution in [-0.4, -0.2) is 60.8 Å². The first-order chi connectivity index (χ1) is 14.9. The van der Waals surface area contributed by atoms with Crippen LogP contribution in [-0.2, 0) is 14.8 Å². The largest absolute Gasteiger partial charge is 0.379 e. The molecule has 0 saturated carbocycles. The molecule has 0 spiro atoms. The van der Waals surface area contributed by atoms with Crippen LogP contribution in [0.1, 0.15) is 20.8 Å². The molecule has 12 heteroatoms. The number of anilines is 1. The van der Waals surface area contributed by atoms with E-state index in [2.05, 4.69) is 15.3 Å². The Morgan fingerprint density at radius 3 is 2.68 bits per heavy atom. The van der Waals surface area contributed by atoms with Gasteiger partial charge >= 0.3 is 0 Å². The number of carbonyl (C=O) groups excluding carboxylic acids is 2. The molecule has 10 nitrogen and oxygen atoms in total. The summed E-state index contributed by atoms with van der Waals surface area (Å²) in [6.07, 6.45) is 1.59. The quantitative estimate of drug-likeness (QED) is 0.507. The van der Waals surface area contributed by atoms with Crippen molar-refractivity contribution in [1.82, 2.24) is 14.3 Å². The second kappa shape index (κ2) is 8.59. The van der Waals surface area contributed by atoms with E-state index in [4.69, 9.17) is 10.5 Å². The lowest BCUT2D eigenvalue weighted by Crippen LogP contribution is -2.41. The SMILES string of the molecule is NC(=O)c1cc(-c2csc(NC(=O)c3ccccc3S(=O)(=O)N3CCOCC3)n2)c[nH]1. The van der Waals surface area contributed by atoms with E-state index >= 15 is 0 Å². The van der Waals surface area contributed by atoms with Gasteiger partial charge in [-0.1, -0.05) is 12.1 Å². The minimum absolute atomic E-state index is 0.0309. The van der Waals surface area contributed by atoms with E-state index in [-0.39, 0.29) is 29.2 Å². The normalized spacial score (nSPS) is 15.0. The van der Waals surface area contributed by atoms with E-state index < -0.39 is 21.8 Å². The molecule has 1 fully saturated rings. The van der Waals surface area contributed by atoms with Crippen molar-refractivity contribution in [3.8, 4) is 11.3 Å². The number of nitrogens with two attached hydrogens (primary N) is 1. The molecule has 4 N–H and O–H groups in total. The van der Waals surface area contributed by atoms with Gasteiger partial charge in [0.1, 0.15) is 5.69 Å². The monoisotopic (exact) mass is 461 g/mol. The summed E-state index contributed by atoms with van der Waals surface area (Å²) in [6.45, 7) is 1.09. The zero-order valence-corrected chi connectivity index (χ0v) is 17.8. The molecule has 1 aliphatic rings. The minimum Gasteiger partial charge on any atom is -0.379 e. The molecule has 0 bridgehead atoms. The number of H-pyrrole nitrogens is 1. The number of benzene rings is 1. The van der Waals surface area contributed by atoms with Crippen molar-refractivity contribution in [1.29, 1.82) is 0 Å². The summed E-state index contributed by atoms with van der Waals surface area (Å²) in [5, 5.41) is 4.65. The van der Waals surface area contributed by atoms with Crippen molar-refractivity contribution in [2.45, 2.75) is 4.90 Å². The van der Waals surface area contributed by atoms with Crippen molar-refractivity contribution in [3.05, 3.63) is 53.2 Å². The highest BCUT2D eigenvalue weighted by atomic mass is 32.2. The molecule has 1 aliphatic heterocycles. The fourth-order valence-corrected chi connectivity index (χ4v) is 5.43. The highest BCUT2D eigenvalue weighted by Crippen LogP contribution is 2.27. The summed E-state index contributed by atoms with van der Waals surface area (Å²) in [5.74, 6) is -1.17. The predicted molar refractivity (Wildman–Crippen MR) is 114 cm³/mol. The number of aromatic amines is 1. The number of nitrogens with one attached hydrogen (secondary N) is 2. The number of hydrogen-bond donors (Lipinski definition) is 3. The number of hydrogen-bond acceptors (Lipinski definition) is 7. The van der Waals surface area contributed by atoms with Crippen molar-refractivity contribution < 1.29 is 22.7 Å². The van der Waals surface area contributed by atoms with Crippen molar-refractivity contribution >= 4 is 38.3 Å². The average Bonchev–Trinajstić information content (AvgIpc) is 3.44. The van der Waals surface area contributed by atoms with Crippen LogP contribution in [0.4, 0.5) is 5.13 Å². The number of rotatable bonds is 6. The molecule has 3 heterocycles. The van der Waals surface area contributed by atoms with Crippen LogP contribution in [0.25, 0.3) is 11.3 Å². The zero-order chi connectivity index (χ0) is 22.0. The van der Waals surface area contributed by atoms with E-state index in [0.29, 0.717) is 29.6 Å². The predicted octanol–water partition coefficient (Wildman–Crippen LogP) is 1.51. The van der Waals surface area contributed by atoms with Crippen LogP contribution in [0.15, 0.2) is 46.8 Å². The molecule has 162 valence electrons. The Kier molecular flexibility index (Phi) is 5.87. The summed E-state index contributed by atoms with van der Waals surface area (Å²) >= 11 is 1.18. The van der Waals surface area contributed by atoms with Gasteiger partial charge in [0.25, 0.3) is 11.8 Å². The average molecular weight is 462 g/mol. The van der Waals surface area contributed by atoms with Crippen LogP contribution in [0.2, 0.25) is 0 Å². The standard InChI is InChI=1S/C19H19N5O5S2/c20-17(25)14-9-12(10-21-14)15-11-30-19(22-15)23-18(26)13-3-1-2-4-16(13)31(27,28)24-5-7-29-8-6-24/h1-4,9-11,21H,5-8H2,(H2,20,25)(H,22,23,26). The molecule has 4 rings (SSSR count). The Hall–Kier alpha value is -3.06. The van der Waals surface area contributed by atoms with Gasteiger partial charge in [0, 0.05) is 30.2 Å². The number of sulfonamides is 1. The zero-order valence-electron chi connectivity index (χ0n) is 16.2.